The lowest BCUT2D eigenvalue weighted by atomic mass is 10.0. The molecule has 0 saturated heterocycles. The number of hydrogen-bond donors (Lipinski definition) is 1. The first kappa shape index (κ1) is 14.9. The molecule has 94 valence electrons. The molecule has 4 heteroatoms. The average Bonchev–Trinajstić information content (AvgIpc) is 2.16. The van der Waals surface area contributed by atoms with E-state index in [4.69, 9.17) is 0 Å². The van der Waals surface area contributed by atoms with Gasteiger partial charge in [0, 0.05) is 20.5 Å². The molecule has 0 aromatic rings. The minimum absolute atomic E-state index is 0.0383. The molecule has 0 bridgehead atoms. The molecule has 4 nitrogen and oxygen atoms in total. The fourth-order valence-electron chi connectivity index (χ4n) is 1.66. The smallest absolute Gasteiger partial charge is 0.244 e. The molecule has 0 unspecified atom stereocenters. The van der Waals surface area contributed by atoms with Crippen LogP contribution in [0.25, 0.3) is 0 Å². The Balaban J connectivity index is 4.00. The van der Waals surface area contributed by atoms with Crippen molar-refractivity contribution in [1.82, 2.24) is 10.2 Å². The second kappa shape index (κ2) is 7.25. The molecule has 1 N–H and O–H groups in total. The second-order valence-corrected chi connectivity index (χ2v) is 4.62. The van der Waals surface area contributed by atoms with E-state index in [0.717, 1.165) is 12.8 Å². The first-order valence-corrected chi connectivity index (χ1v) is 5.89. The van der Waals surface area contributed by atoms with Crippen LogP contribution in [0.15, 0.2) is 0 Å². The van der Waals surface area contributed by atoms with Crippen molar-refractivity contribution in [2.24, 2.45) is 5.92 Å². The van der Waals surface area contributed by atoms with Crippen molar-refractivity contribution < 1.29 is 9.59 Å². The van der Waals surface area contributed by atoms with Gasteiger partial charge in [-0.2, -0.15) is 0 Å². The van der Waals surface area contributed by atoms with Crippen molar-refractivity contribution in [1.29, 1.82) is 0 Å². The summed E-state index contributed by atoms with van der Waals surface area (Å²) in [5, 5.41) is 2.72. The molecule has 0 aliphatic carbocycles. The lowest BCUT2D eigenvalue weighted by molar-refractivity contribution is -0.134. The highest BCUT2D eigenvalue weighted by Crippen LogP contribution is 2.09. The zero-order valence-corrected chi connectivity index (χ0v) is 11.0. The Morgan fingerprint density at radius 1 is 1.25 bits per heavy atom. The molecule has 0 heterocycles. The van der Waals surface area contributed by atoms with Crippen molar-refractivity contribution in [3.63, 3.8) is 0 Å². The van der Waals surface area contributed by atoms with E-state index >= 15 is 0 Å². The molecule has 0 saturated carbocycles. The van der Waals surface area contributed by atoms with Crippen LogP contribution in [0.5, 0.6) is 0 Å². The fourth-order valence-corrected chi connectivity index (χ4v) is 1.66. The molecule has 0 aromatic carbocycles. The van der Waals surface area contributed by atoms with Crippen LogP contribution in [0.3, 0.4) is 0 Å². The molecule has 0 rings (SSSR count). The zero-order chi connectivity index (χ0) is 12.7. The Hall–Kier alpha value is -1.06. The molecule has 0 spiro atoms. The van der Waals surface area contributed by atoms with Crippen LogP contribution < -0.4 is 5.32 Å². The van der Waals surface area contributed by atoms with Crippen LogP contribution in [0.2, 0.25) is 0 Å². The van der Waals surface area contributed by atoms with E-state index in [1.54, 1.807) is 21.0 Å². The summed E-state index contributed by atoms with van der Waals surface area (Å²) in [5.74, 6) is 0.270. The van der Waals surface area contributed by atoms with Gasteiger partial charge in [0.1, 0.15) is 6.04 Å². The van der Waals surface area contributed by atoms with E-state index in [-0.39, 0.29) is 11.8 Å². The fraction of sp³-hybridized carbons (Fsp3) is 0.833. The third kappa shape index (κ3) is 5.73. The van der Waals surface area contributed by atoms with Gasteiger partial charge in [0.25, 0.3) is 0 Å². The predicted molar refractivity (Wildman–Crippen MR) is 65.0 cm³/mol. The van der Waals surface area contributed by atoms with E-state index < -0.39 is 6.04 Å². The van der Waals surface area contributed by atoms with Crippen molar-refractivity contribution in [3.8, 4) is 0 Å². The van der Waals surface area contributed by atoms with Crippen molar-refractivity contribution in [2.45, 2.75) is 46.1 Å². The third-order valence-corrected chi connectivity index (χ3v) is 2.50. The topological polar surface area (TPSA) is 49.4 Å². The Kier molecular flexibility index (Phi) is 6.77. The number of nitrogens with one attached hydrogen (secondary N) is 1. The molecule has 2 amide bonds. The lowest BCUT2D eigenvalue weighted by Crippen LogP contribution is -2.44. The Morgan fingerprint density at radius 3 is 2.25 bits per heavy atom. The van der Waals surface area contributed by atoms with Crippen LogP contribution >= 0.6 is 0 Å². The first-order chi connectivity index (χ1) is 7.38. The van der Waals surface area contributed by atoms with E-state index in [0.29, 0.717) is 12.3 Å². The molecule has 0 radical (unpaired) electrons. The summed E-state index contributed by atoms with van der Waals surface area (Å²) in [6.45, 7) is 5.87. The van der Waals surface area contributed by atoms with Gasteiger partial charge >= 0.3 is 0 Å². The lowest BCUT2D eigenvalue weighted by Gasteiger charge is -2.19. The highest BCUT2D eigenvalue weighted by molar-refractivity contribution is 5.87. The number of nitrogens with zero attached hydrogens (tertiary/aromatic N) is 1. The Morgan fingerprint density at radius 2 is 1.81 bits per heavy atom. The third-order valence-electron chi connectivity index (χ3n) is 2.50. The average molecular weight is 228 g/mol. The molecule has 2 atom stereocenters. The van der Waals surface area contributed by atoms with E-state index in [1.165, 1.54) is 4.90 Å². The van der Waals surface area contributed by atoms with E-state index in [2.05, 4.69) is 19.2 Å². The molecule has 0 aromatic heterocycles. The van der Waals surface area contributed by atoms with E-state index in [9.17, 15) is 9.59 Å². The van der Waals surface area contributed by atoms with Gasteiger partial charge in [-0.15, -0.1) is 0 Å². The summed E-state index contributed by atoms with van der Waals surface area (Å²) >= 11 is 0. The minimum Gasteiger partial charge on any atom is -0.347 e. The van der Waals surface area contributed by atoms with Crippen LogP contribution in [0.1, 0.15) is 40.0 Å². The Bertz CT molecular complexity index is 239. The van der Waals surface area contributed by atoms with Crippen LogP contribution in [0, 0.1) is 5.92 Å². The molecular formula is C12H24N2O2. The molecule has 0 fully saturated rings. The van der Waals surface area contributed by atoms with Gasteiger partial charge in [-0.3, -0.25) is 9.59 Å². The zero-order valence-electron chi connectivity index (χ0n) is 11.0. The van der Waals surface area contributed by atoms with Gasteiger partial charge in [0.15, 0.2) is 0 Å². The maximum atomic E-state index is 11.6. The van der Waals surface area contributed by atoms with Gasteiger partial charge in [-0.05, 0) is 12.8 Å². The summed E-state index contributed by atoms with van der Waals surface area (Å²) in [4.78, 5) is 24.6. The van der Waals surface area contributed by atoms with Crippen LogP contribution in [-0.4, -0.2) is 36.9 Å². The maximum absolute atomic E-state index is 11.6. The van der Waals surface area contributed by atoms with Crippen molar-refractivity contribution in [2.75, 3.05) is 14.1 Å². The minimum atomic E-state index is -0.434. The summed E-state index contributed by atoms with van der Waals surface area (Å²) in [7, 11) is 3.37. The number of likely N-dealkylation sites (N-methyl/N-ethyl adjacent to an activating group) is 1. The quantitative estimate of drug-likeness (QED) is 0.747. The number of carbonyl (C=O) groups is 2. The molecule has 0 aliphatic heterocycles. The standard InChI is InChI=1S/C12H24N2O2/c1-6-7-9(2)8-11(15)13-10(3)12(16)14(4)5/h9-10H,6-8H2,1-5H3,(H,13,15)/t9-,10-/m1/s1. The predicted octanol–water partition coefficient (Wildman–Crippen LogP) is 1.41. The Labute approximate surface area is 98.4 Å². The van der Waals surface area contributed by atoms with Gasteiger partial charge < -0.3 is 10.2 Å². The molecule has 0 aliphatic rings. The van der Waals surface area contributed by atoms with Gasteiger partial charge in [0.2, 0.25) is 11.8 Å². The van der Waals surface area contributed by atoms with Crippen molar-refractivity contribution in [3.05, 3.63) is 0 Å². The summed E-state index contributed by atoms with van der Waals surface area (Å²) in [6, 6.07) is -0.434. The maximum Gasteiger partial charge on any atom is 0.244 e. The largest absolute Gasteiger partial charge is 0.347 e. The highest BCUT2D eigenvalue weighted by atomic mass is 16.2. The van der Waals surface area contributed by atoms with Crippen LogP contribution in [0.4, 0.5) is 0 Å². The highest BCUT2D eigenvalue weighted by Gasteiger charge is 2.17. The summed E-state index contributed by atoms with van der Waals surface area (Å²) in [6.07, 6.45) is 2.63. The SMILES string of the molecule is CCC[C@@H](C)CC(=O)N[C@H](C)C(=O)N(C)C. The second-order valence-electron chi connectivity index (χ2n) is 4.62. The van der Waals surface area contributed by atoms with Gasteiger partial charge in [-0.25, -0.2) is 0 Å². The summed E-state index contributed by atoms with van der Waals surface area (Å²) < 4.78 is 0. The number of carbonyl (C=O) groups excluding carboxylic acids is 2. The van der Waals surface area contributed by atoms with Crippen molar-refractivity contribution >= 4 is 11.8 Å². The van der Waals surface area contributed by atoms with Crippen LogP contribution in [-0.2, 0) is 9.59 Å². The normalized spacial score (nSPS) is 14.1. The monoisotopic (exact) mass is 228 g/mol. The molecule has 16 heavy (non-hydrogen) atoms. The summed E-state index contributed by atoms with van der Waals surface area (Å²) in [5.41, 5.74) is 0. The first-order valence-electron chi connectivity index (χ1n) is 5.89. The molecular weight excluding hydrogens is 204 g/mol. The van der Waals surface area contributed by atoms with Gasteiger partial charge in [-0.1, -0.05) is 26.7 Å². The number of hydrogen-bond acceptors (Lipinski definition) is 2. The number of amides is 2. The van der Waals surface area contributed by atoms with E-state index in [1.807, 2.05) is 0 Å². The van der Waals surface area contributed by atoms with Gasteiger partial charge in [0.05, 0.1) is 0 Å². The number of rotatable bonds is 6.